The second-order valence-corrected chi connectivity index (χ2v) is 11.8. The molecule has 1 fully saturated rings. The fourth-order valence-electron chi connectivity index (χ4n) is 6.90. The minimum Gasteiger partial charge on any atom is -0.504 e. The Morgan fingerprint density at radius 2 is 1.81 bits per heavy atom. The van der Waals surface area contributed by atoms with Gasteiger partial charge in [0.1, 0.15) is 6.54 Å². The Balaban J connectivity index is 1.29. The van der Waals surface area contributed by atoms with Crippen LogP contribution in [0.25, 0.3) is 10.9 Å². The van der Waals surface area contributed by atoms with Crippen LogP contribution in [0, 0.1) is 0 Å². The Hall–Kier alpha value is -4.30. The van der Waals surface area contributed by atoms with E-state index in [0.29, 0.717) is 18.7 Å². The lowest BCUT2D eigenvalue weighted by Gasteiger charge is -2.39. The molecule has 2 N–H and O–H groups in total. The van der Waals surface area contributed by atoms with Crippen LogP contribution in [0.1, 0.15) is 54.6 Å². The summed E-state index contributed by atoms with van der Waals surface area (Å²) in [5, 5.41) is 11.8. The van der Waals surface area contributed by atoms with Crippen LogP contribution in [-0.4, -0.2) is 75.9 Å². The lowest BCUT2D eigenvalue weighted by Crippen LogP contribution is -2.51. The molecule has 2 amide bonds. The van der Waals surface area contributed by atoms with E-state index in [9.17, 15) is 14.7 Å². The van der Waals surface area contributed by atoms with Gasteiger partial charge in [-0.15, -0.1) is 0 Å². The molecule has 2 atom stereocenters. The summed E-state index contributed by atoms with van der Waals surface area (Å²) in [7, 11) is 1.52. The number of phenolic OH excluding ortho intramolecular Hbond substituents is 1. The highest BCUT2D eigenvalue weighted by Crippen LogP contribution is 2.41. The van der Waals surface area contributed by atoms with Gasteiger partial charge < -0.3 is 24.6 Å². The topological polar surface area (TPSA) is 89.1 Å². The molecular weight excluding hydrogens is 540 g/mol. The number of benzene rings is 3. The van der Waals surface area contributed by atoms with Crippen LogP contribution in [0.4, 0.5) is 0 Å². The third kappa shape index (κ3) is 5.97. The molecule has 0 saturated carbocycles. The van der Waals surface area contributed by atoms with Crippen LogP contribution in [0.3, 0.4) is 0 Å². The first-order valence-corrected chi connectivity index (χ1v) is 15.2. The van der Waals surface area contributed by atoms with Gasteiger partial charge in [0.05, 0.1) is 13.2 Å². The van der Waals surface area contributed by atoms with Crippen molar-refractivity contribution in [2.45, 2.75) is 51.2 Å². The monoisotopic (exact) mass is 580 g/mol. The number of hydrogen-bond donors (Lipinski definition) is 2. The number of likely N-dealkylation sites (tertiary alicyclic amines) is 1. The van der Waals surface area contributed by atoms with Crippen molar-refractivity contribution in [3.05, 3.63) is 95.2 Å². The summed E-state index contributed by atoms with van der Waals surface area (Å²) in [6.07, 6.45) is 3.67. The average molecular weight is 581 g/mol. The highest BCUT2D eigenvalue weighted by molar-refractivity contribution is 5.88. The number of methoxy groups -OCH3 is 1. The molecular formula is C35H40N4O4. The number of hydrogen-bond acceptors (Lipinski definition) is 5. The van der Waals surface area contributed by atoms with Gasteiger partial charge >= 0.3 is 0 Å². The SMILES string of the molecule is COc1ccc(C2c3[nH]c4ccccc4c3CCN2C(=O)CN(C(C)=O)C2CCCCN(Cc3ccccc3)C2)cc1O. The predicted molar refractivity (Wildman–Crippen MR) is 167 cm³/mol. The lowest BCUT2D eigenvalue weighted by molar-refractivity contribution is -0.143. The number of nitrogens with zero attached hydrogens (tertiary/aromatic N) is 3. The summed E-state index contributed by atoms with van der Waals surface area (Å²) in [5.41, 5.74) is 5.19. The van der Waals surface area contributed by atoms with E-state index in [0.717, 1.165) is 61.1 Å². The quantitative estimate of drug-likeness (QED) is 0.311. The summed E-state index contributed by atoms with van der Waals surface area (Å²) >= 11 is 0. The van der Waals surface area contributed by atoms with Crippen molar-refractivity contribution < 1.29 is 19.4 Å². The minimum absolute atomic E-state index is 0.0212. The van der Waals surface area contributed by atoms with Crippen LogP contribution in [0.5, 0.6) is 11.5 Å². The van der Waals surface area contributed by atoms with Gasteiger partial charge in [-0.1, -0.05) is 61.0 Å². The molecule has 2 aliphatic rings. The van der Waals surface area contributed by atoms with Gasteiger partial charge in [-0.05, 0) is 60.7 Å². The first-order chi connectivity index (χ1) is 20.9. The molecule has 2 aliphatic heterocycles. The number of phenols is 1. The van der Waals surface area contributed by atoms with Crippen molar-refractivity contribution in [2.75, 3.05) is 33.3 Å². The molecule has 3 heterocycles. The van der Waals surface area contributed by atoms with Gasteiger partial charge in [0.2, 0.25) is 11.8 Å². The van der Waals surface area contributed by atoms with E-state index in [1.807, 2.05) is 35.2 Å². The number of aromatic hydroxyl groups is 1. The smallest absolute Gasteiger partial charge is 0.243 e. The van der Waals surface area contributed by atoms with E-state index in [1.165, 1.54) is 18.2 Å². The normalized spacial score (nSPS) is 19.1. The molecule has 6 rings (SSSR count). The maximum atomic E-state index is 14.2. The number of aromatic nitrogens is 1. The van der Waals surface area contributed by atoms with Crippen LogP contribution in [0.15, 0.2) is 72.8 Å². The van der Waals surface area contributed by atoms with E-state index in [-0.39, 0.29) is 30.2 Å². The standard InChI is InChI=1S/C35H40N4O4/c1-24(40)39(27-12-8-9-18-37(22-27)21-25-10-4-3-5-11-25)23-33(42)38-19-17-29-28-13-6-7-14-30(28)36-34(29)35(38)26-15-16-32(43-2)31(41)20-26/h3-7,10-11,13-16,20,27,35-36,41H,8-9,12,17-19,21-23H2,1-2H3. The number of rotatable bonds is 7. The number of nitrogens with one attached hydrogen (secondary N) is 1. The molecule has 8 nitrogen and oxygen atoms in total. The molecule has 1 aromatic heterocycles. The average Bonchev–Trinajstić information content (AvgIpc) is 3.24. The van der Waals surface area contributed by atoms with Crippen LogP contribution in [-0.2, 0) is 22.6 Å². The molecule has 1 saturated heterocycles. The van der Waals surface area contributed by atoms with Crippen molar-refractivity contribution in [1.82, 2.24) is 19.7 Å². The van der Waals surface area contributed by atoms with E-state index < -0.39 is 6.04 Å². The van der Waals surface area contributed by atoms with Crippen LogP contribution in [0.2, 0.25) is 0 Å². The zero-order chi connectivity index (χ0) is 29.9. The Morgan fingerprint density at radius 1 is 1.02 bits per heavy atom. The molecule has 3 aromatic carbocycles. The molecule has 8 heteroatoms. The molecule has 4 aromatic rings. The predicted octanol–water partition coefficient (Wildman–Crippen LogP) is 5.26. The number of amides is 2. The maximum absolute atomic E-state index is 14.2. The fourth-order valence-corrected chi connectivity index (χ4v) is 6.90. The summed E-state index contributed by atoms with van der Waals surface area (Å²) in [6.45, 7) is 4.65. The Kier molecular flexibility index (Phi) is 8.38. The number of para-hydroxylation sites is 1. The fraction of sp³-hybridized carbons (Fsp3) is 0.371. The second-order valence-electron chi connectivity index (χ2n) is 11.8. The summed E-state index contributed by atoms with van der Waals surface area (Å²) < 4.78 is 5.30. The van der Waals surface area contributed by atoms with Gasteiger partial charge in [-0.25, -0.2) is 0 Å². The van der Waals surface area contributed by atoms with Gasteiger partial charge in [0.15, 0.2) is 11.5 Å². The number of carbonyl (C=O) groups excluding carboxylic acids is 2. The van der Waals surface area contributed by atoms with Crippen molar-refractivity contribution in [3.63, 3.8) is 0 Å². The van der Waals surface area contributed by atoms with Crippen molar-refractivity contribution in [3.8, 4) is 11.5 Å². The Bertz CT molecular complexity index is 1600. The van der Waals surface area contributed by atoms with Crippen molar-refractivity contribution in [2.24, 2.45) is 0 Å². The molecule has 0 spiro atoms. The number of ether oxygens (including phenoxy) is 1. The molecule has 224 valence electrons. The number of aromatic amines is 1. The highest BCUT2D eigenvalue weighted by Gasteiger charge is 2.37. The largest absolute Gasteiger partial charge is 0.504 e. The molecule has 0 aliphatic carbocycles. The molecule has 0 bridgehead atoms. The third-order valence-corrected chi connectivity index (χ3v) is 9.00. The lowest BCUT2D eigenvalue weighted by atomic mass is 9.92. The number of fused-ring (bicyclic) bond motifs is 3. The molecule has 2 unspecified atom stereocenters. The van der Waals surface area contributed by atoms with Crippen LogP contribution < -0.4 is 4.74 Å². The van der Waals surface area contributed by atoms with E-state index >= 15 is 0 Å². The summed E-state index contributed by atoms with van der Waals surface area (Å²) in [4.78, 5) is 37.0. The van der Waals surface area contributed by atoms with Gasteiger partial charge in [-0.2, -0.15) is 0 Å². The third-order valence-electron chi connectivity index (χ3n) is 9.00. The summed E-state index contributed by atoms with van der Waals surface area (Å²) in [6, 6.07) is 23.4. The Labute approximate surface area is 252 Å². The zero-order valence-corrected chi connectivity index (χ0v) is 25.0. The summed E-state index contributed by atoms with van der Waals surface area (Å²) in [5.74, 6) is 0.226. The zero-order valence-electron chi connectivity index (χ0n) is 25.0. The van der Waals surface area contributed by atoms with Crippen molar-refractivity contribution in [1.29, 1.82) is 0 Å². The first kappa shape index (κ1) is 28.8. The molecule has 0 radical (unpaired) electrons. The van der Waals surface area contributed by atoms with Crippen molar-refractivity contribution >= 4 is 22.7 Å². The van der Waals surface area contributed by atoms with Crippen LogP contribution >= 0.6 is 0 Å². The van der Waals surface area contributed by atoms with E-state index in [4.69, 9.17) is 4.74 Å². The second kappa shape index (κ2) is 12.5. The number of carbonyl (C=O) groups is 2. The number of H-pyrrole nitrogens is 1. The van der Waals surface area contributed by atoms with Gasteiger partial charge in [0.25, 0.3) is 0 Å². The first-order valence-electron chi connectivity index (χ1n) is 15.2. The maximum Gasteiger partial charge on any atom is 0.243 e. The molecule has 43 heavy (non-hydrogen) atoms. The van der Waals surface area contributed by atoms with Gasteiger partial charge in [0, 0.05) is 49.2 Å². The van der Waals surface area contributed by atoms with E-state index in [2.05, 4.69) is 40.2 Å². The highest BCUT2D eigenvalue weighted by atomic mass is 16.5. The Morgan fingerprint density at radius 3 is 2.58 bits per heavy atom. The minimum atomic E-state index is -0.432. The van der Waals surface area contributed by atoms with E-state index in [1.54, 1.807) is 24.0 Å². The van der Waals surface area contributed by atoms with Gasteiger partial charge in [-0.3, -0.25) is 14.5 Å².